The number of hydrogen-bond donors (Lipinski definition) is 0. The normalized spacial score (nSPS) is 20.4. The summed E-state index contributed by atoms with van der Waals surface area (Å²) >= 11 is 5.60. The Labute approximate surface area is 123 Å². The second kappa shape index (κ2) is 5.67. The summed E-state index contributed by atoms with van der Waals surface area (Å²) in [7, 11) is 0. The lowest BCUT2D eigenvalue weighted by Crippen LogP contribution is -2.47. The molecule has 0 aliphatic carbocycles. The molecule has 0 radical (unpaired) electrons. The fourth-order valence-electron chi connectivity index (χ4n) is 1.84. The van der Waals surface area contributed by atoms with Crippen LogP contribution in [0, 0.1) is 3.57 Å². The number of benzene rings is 1. The van der Waals surface area contributed by atoms with E-state index in [1.807, 2.05) is 30.0 Å². The van der Waals surface area contributed by atoms with Crippen molar-refractivity contribution in [2.45, 2.75) is 13.0 Å². The first-order valence-corrected chi connectivity index (χ1v) is 7.30. The summed E-state index contributed by atoms with van der Waals surface area (Å²) < 4.78 is 7.26. The minimum atomic E-state index is 0.0894. The first kappa shape index (κ1) is 13.3. The van der Waals surface area contributed by atoms with E-state index in [4.69, 9.17) is 4.74 Å². The Balaban J connectivity index is 2.26. The zero-order valence-corrected chi connectivity index (χ0v) is 13.2. The maximum absolute atomic E-state index is 12.4. The molecule has 1 aliphatic rings. The van der Waals surface area contributed by atoms with Crippen LogP contribution in [0.5, 0.6) is 0 Å². The Morgan fingerprint density at radius 3 is 3.06 bits per heavy atom. The van der Waals surface area contributed by atoms with Gasteiger partial charge in [0.15, 0.2) is 0 Å². The second-order valence-corrected chi connectivity index (χ2v) is 6.12. The lowest BCUT2D eigenvalue weighted by molar-refractivity contribution is 0.00353. The van der Waals surface area contributed by atoms with Gasteiger partial charge in [-0.3, -0.25) is 4.79 Å². The highest BCUT2D eigenvalue weighted by Gasteiger charge is 2.25. The van der Waals surface area contributed by atoms with Gasteiger partial charge in [-0.05, 0) is 47.7 Å². The molecule has 0 aromatic heterocycles. The van der Waals surface area contributed by atoms with Crippen LogP contribution in [-0.4, -0.2) is 36.6 Å². The molecule has 1 amide bonds. The summed E-state index contributed by atoms with van der Waals surface area (Å²) in [4.78, 5) is 14.3. The predicted molar refractivity (Wildman–Crippen MR) is 78.2 cm³/mol. The first-order valence-electron chi connectivity index (χ1n) is 5.43. The Hall–Kier alpha value is -0.140. The zero-order chi connectivity index (χ0) is 12.4. The molecule has 5 heteroatoms. The highest BCUT2D eigenvalue weighted by molar-refractivity contribution is 14.1. The Bertz CT molecular complexity index is 439. The molecule has 1 atom stereocenters. The smallest absolute Gasteiger partial charge is 0.255 e. The van der Waals surface area contributed by atoms with Crippen molar-refractivity contribution >= 4 is 44.4 Å². The molecule has 92 valence electrons. The van der Waals surface area contributed by atoms with Crippen LogP contribution in [0.1, 0.15) is 17.3 Å². The number of halogens is 2. The van der Waals surface area contributed by atoms with Crippen molar-refractivity contribution in [3.05, 3.63) is 31.8 Å². The molecule has 1 aromatic rings. The van der Waals surface area contributed by atoms with Crippen molar-refractivity contribution in [2.75, 3.05) is 19.8 Å². The fraction of sp³-hybridized carbons (Fsp3) is 0.417. The molecule has 1 saturated heterocycles. The van der Waals surface area contributed by atoms with Crippen molar-refractivity contribution in [1.29, 1.82) is 0 Å². The standard InChI is InChI=1S/C12H13BrINO2/c1-8-7-17-5-4-15(8)12(16)10-6-9(13)2-3-11(10)14/h2-3,6,8H,4-5,7H2,1H3/t8-/m1/s1. The summed E-state index contributed by atoms with van der Waals surface area (Å²) in [6, 6.07) is 5.92. The average Bonchev–Trinajstić information content (AvgIpc) is 2.32. The topological polar surface area (TPSA) is 29.5 Å². The third kappa shape index (κ3) is 3.00. The third-order valence-corrected chi connectivity index (χ3v) is 4.22. The molecule has 1 aromatic carbocycles. The van der Waals surface area contributed by atoms with Crippen LogP contribution in [0.25, 0.3) is 0 Å². The van der Waals surface area contributed by atoms with Gasteiger partial charge in [-0.25, -0.2) is 0 Å². The number of nitrogens with zero attached hydrogens (tertiary/aromatic N) is 1. The van der Waals surface area contributed by atoms with Crippen molar-refractivity contribution in [2.24, 2.45) is 0 Å². The van der Waals surface area contributed by atoms with E-state index in [0.29, 0.717) is 19.8 Å². The number of morpholine rings is 1. The minimum Gasteiger partial charge on any atom is -0.377 e. The molecular weight excluding hydrogens is 397 g/mol. The minimum absolute atomic E-state index is 0.0894. The average molecular weight is 410 g/mol. The molecule has 0 unspecified atom stereocenters. The highest BCUT2D eigenvalue weighted by atomic mass is 127. The van der Waals surface area contributed by atoms with Crippen LogP contribution < -0.4 is 0 Å². The van der Waals surface area contributed by atoms with Crippen molar-refractivity contribution < 1.29 is 9.53 Å². The molecule has 2 rings (SSSR count). The lowest BCUT2D eigenvalue weighted by atomic mass is 10.1. The van der Waals surface area contributed by atoms with Crippen LogP contribution in [0.4, 0.5) is 0 Å². The van der Waals surface area contributed by atoms with E-state index in [1.165, 1.54) is 0 Å². The SMILES string of the molecule is C[C@@H]1COCCN1C(=O)c1cc(Br)ccc1I. The van der Waals surface area contributed by atoms with Gasteiger partial charge in [-0.2, -0.15) is 0 Å². The largest absolute Gasteiger partial charge is 0.377 e. The first-order chi connectivity index (χ1) is 8.09. The molecule has 0 saturated carbocycles. The van der Waals surface area contributed by atoms with Gasteiger partial charge < -0.3 is 9.64 Å². The number of carbonyl (C=O) groups is 1. The third-order valence-electron chi connectivity index (χ3n) is 2.79. The van der Waals surface area contributed by atoms with Crippen molar-refractivity contribution in [3.63, 3.8) is 0 Å². The van der Waals surface area contributed by atoms with Gasteiger partial charge in [-0.15, -0.1) is 0 Å². The maximum Gasteiger partial charge on any atom is 0.255 e. The van der Waals surface area contributed by atoms with Gasteiger partial charge in [0.2, 0.25) is 0 Å². The van der Waals surface area contributed by atoms with Crippen LogP contribution in [0.2, 0.25) is 0 Å². The molecule has 0 spiro atoms. The van der Waals surface area contributed by atoms with Crippen molar-refractivity contribution in [3.8, 4) is 0 Å². The summed E-state index contributed by atoms with van der Waals surface area (Å²) in [6.07, 6.45) is 0. The predicted octanol–water partition coefficient (Wildman–Crippen LogP) is 2.91. The molecule has 0 N–H and O–H groups in total. The summed E-state index contributed by atoms with van der Waals surface area (Å²) in [5.41, 5.74) is 0.758. The van der Waals surface area contributed by atoms with Gasteiger partial charge in [-0.1, -0.05) is 15.9 Å². The lowest BCUT2D eigenvalue weighted by Gasteiger charge is -2.33. The molecule has 1 aliphatic heterocycles. The molecule has 1 fully saturated rings. The van der Waals surface area contributed by atoms with E-state index < -0.39 is 0 Å². The van der Waals surface area contributed by atoms with Crippen LogP contribution in [0.3, 0.4) is 0 Å². The number of carbonyl (C=O) groups excluding carboxylic acids is 1. The molecule has 1 heterocycles. The van der Waals surface area contributed by atoms with E-state index in [-0.39, 0.29) is 11.9 Å². The van der Waals surface area contributed by atoms with Crippen LogP contribution >= 0.6 is 38.5 Å². The van der Waals surface area contributed by atoms with Crippen LogP contribution in [0.15, 0.2) is 22.7 Å². The van der Waals surface area contributed by atoms with Crippen LogP contribution in [-0.2, 0) is 4.74 Å². The molecule has 17 heavy (non-hydrogen) atoms. The fourth-order valence-corrected chi connectivity index (χ4v) is 2.77. The maximum atomic E-state index is 12.4. The van der Waals surface area contributed by atoms with E-state index in [0.717, 1.165) is 13.6 Å². The highest BCUT2D eigenvalue weighted by Crippen LogP contribution is 2.21. The second-order valence-electron chi connectivity index (χ2n) is 4.05. The van der Waals surface area contributed by atoms with E-state index in [9.17, 15) is 4.79 Å². The Morgan fingerprint density at radius 2 is 2.35 bits per heavy atom. The summed E-state index contributed by atoms with van der Waals surface area (Å²) in [6.45, 7) is 3.93. The molecular formula is C12H13BrINO2. The number of amides is 1. The summed E-state index contributed by atoms with van der Waals surface area (Å²) in [5.74, 6) is 0.0894. The van der Waals surface area contributed by atoms with Gasteiger partial charge in [0, 0.05) is 14.6 Å². The summed E-state index contributed by atoms with van der Waals surface area (Å²) in [5, 5.41) is 0. The molecule has 3 nitrogen and oxygen atoms in total. The van der Waals surface area contributed by atoms with Crippen molar-refractivity contribution in [1.82, 2.24) is 4.90 Å². The number of rotatable bonds is 1. The van der Waals surface area contributed by atoms with Gasteiger partial charge in [0.1, 0.15) is 0 Å². The van der Waals surface area contributed by atoms with E-state index in [1.54, 1.807) is 0 Å². The quantitative estimate of drug-likeness (QED) is 0.667. The van der Waals surface area contributed by atoms with Gasteiger partial charge in [0.25, 0.3) is 5.91 Å². The van der Waals surface area contributed by atoms with Gasteiger partial charge >= 0.3 is 0 Å². The number of hydrogen-bond acceptors (Lipinski definition) is 2. The zero-order valence-electron chi connectivity index (χ0n) is 9.45. The Morgan fingerprint density at radius 1 is 1.59 bits per heavy atom. The van der Waals surface area contributed by atoms with Gasteiger partial charge in [0.05, 0.1) is 24.8 Å². The monoisotopic (exact) mass is 409 g/mol. The Kier molecular flexibility index (Phi) is 4.43. The van der Waals surface area contributed by atoms with E-state index >= 15 is 0 Å². The molecule has 0 bridgehead atoms. The number of ether oxygens (including phenoxy) is 1. The van der Waals surface area contributed by atoms with E-state index in [2.05, 4.69) is 38.5 Å².